The third kappa shape index (κ3) is 3.46. The van der Waals surface area contributed by atoms with E-state index in [-0.39, 0.29) is 16.5 Å². The molecule has 0 atom stereocenters. The first-order valence-electron chi connectivity index (χ1n) is 6.05. The predicted octanol–water partition coefficient (Wildman–Crippen LogP) is 4.64. The van der Waals surface area contributed by atoms with Gasteiger partial charge in [-0.2, -0.15) is 0 Å². The van der Waals surface area contributed by atoms with Gasteiger partial charge in [0.1, 0.15) is 5.75 Å². The highest BCUT2D eigenvalue weighted by atomic mass is 79.9. The van der Waals surface area contributed by atoms with Crippen molar-refractivity contribution in [3.63, 3.8) is 0 Å². The SMILES string of the molecule is Cc1cc(Br)c(NCc2cccc(Cl)c2O)cc1[N+](=O)[O-]. The molecule has 2 aromatic carbocycles. The summed E-state index contributed by atoms with van der Waals surface area (Å²) >= 11 is 9.20. The Morgan fingerprint density at radius 3 is 2.81 bits per heavy atom. The van der Waals surface area contributed by atoms with Crippen LogP contribution in [0.1, 0.15) is 11.1 Å². The van der Waals surface area contributed by atoms with E-state index in [0.29, 0.717) is 27.8 Å². The van der Waals surface area contributed by atoms with Gasteiger partial charge in [0.15, 0.2) is 0 Å². The molecule has 21 heavy (non-hydrogen) atoms. The Balaban J connectivity index is 2.26. The van der Waals surface area contributed by atoms with Crippen LogP contribution in [0, 0.1) is 17.0 Å². The van der Waals surface area contributed by atoms with Crippen LogP contribution in [0.2, 0.25) is 5.02 Å². The minimum atomic E-state index is -0.427. The van der Waals surface area contributed by atoms with Crippen LogP contribution in [-0.2, 0) is 6.54 Å². The predicted molar refractivity (Wildman–Crippen MR) is 86.0 cm³/mol. The number of para-hydroxylation sites is 1. The molecule has 0 aliphatic heterocycles. The van der Waals surface area contributed by atoms with E-state index >= 15 is 0 Å². The summed E-state index contributed by atoms with van der Waals surface area (Å²) in [6.07, 6.45) is 0. The minimum absolute atomic E-state index is 0.00407. The average Bonchev–Trinajstić information content (AvgIpc) is 2.41. The molecule has 0 saturated carbocycles. The third-order valence-corrected chi connectivity index (χ3v) is 3.98. The van der Waals surface area contributed by atoms with E-state index in [2.05, 4.69) is 21.2 Å². The van der Waals surface area contributed by atoms with Crippen LogP contribution < -0.4 is 5.32 Å². The number of aromatic hydroxyl groups is 1. The molecule has 0 heterocycles. The molecule has 2 rings (SSSR count). The second-order valence-corrected chi connectivity index (χ2v) is 5.74. The highest BCUT2D eigenvalue weighted by Crippen LogP contribution is 2.32. The summed E-state index contributed by atoms with van der Waals surface area (Å²) in [6.45, 7) is 1.97. The molecule has 0 aliphatic rings. The van der Waals surface area contributed by atoms with Crippen LogP contribution in [0.4, 0.5) is 11.4 Å². The monoisotopic (exact) mass is 370 g/mol. The molecule has 0 spiro atoms. The van der Waals surface area contributed by atoms with Crippen molar-refractivity contribution in [1.29, 1.82) is 0 Å². The molecule has 0 aliphatic carbocycles. The fourth-order valence-electron chi connectivity index (χ4n) is 1.89. The molecule has 0 aromatic heterocycles. The van der Waals surface area contributed by atoms with Gasteiger partial charge in [-0.15, -0.1) is 0 Å². The smallest absolute Gasteiger partial charge is 0.274 e. The number of phenolic OH excluding ortho intramolecular Hbond substituents is 1. The zero-order valence-electron chi connectivity index (χ0n) is 11.1. The molecule has 0 saturated heterocycles. The van der Waals surface area contributed by atoms with Crippen LogP contribution >= 0.6 is 27.5 Å². The number of rotatable bonds is 4. The van der Waals surface area contributed by atoms with Crippen molar-refractivity contribution >= 4 is 38.9 Å². The summed E-state index contributed by atoms with van der Waals surface area (Å²) < 4.78 is 0.715. The van der Waals surface area contributed by atoms with Crippen molar-refractivity contribution in [1.82, 2.24) is 0 Å². The van der Waals surface area contributed by atoms with Crippen LogP contribution in [-0.4, -0.2) is 10.0 Å². The molecular weight excluding hydrogens is 360 g/mol. The summed E-state index contributed by atoms with van der Waals surface area (Å²) in [6, 6.07) is 8.18. The maximum absolute atomic E-state index is 11.0. The molecule has 0 bridgehead atoms. The van der Waals surface area contributed by atoms with Gasteiger partial charge in [0.2, 0.25) is 0 Å². The van der Waals surface area contributed by atoms with Crippen LogP contribution in [0.3, 0.4) is 0 Å². The Morgan fingerprint density at radius 1 is 1.43 bits per heavy atom. The van der Waals surface area contributed by atoms with Crippen LogP contribution in [0.25, 0.3) is 0 Å². The van der Waals surface area contributed by atoms with Crippen molar-refractivity contribution in [3.05, 3.63) is 61.1 Å². The van der Waals surface area contributed by atoms with Gasteiger partial charge in [0.05, 0.1) is 15.6 Å². The van der Waals surface area contributed by atoms with E-state index < -0.39 is 4.92 Å². The third-order valence-electron chi connectivity index (χ3n) is 3.02. The molecule has 0 fully saturated rings. The molecule has 0 amide bonds. The van der Waals surface area contributed by atoms with Gasteiger partial charge in [0, 0.05) is 28.2 Å². The lowest BCUT2D eigenvalue weighted by atomic mass is 10.1. The van der Waals surface area contributed by atoms with E-state index in [4.69, 9.17) is 11.6 Å². The fourth-order valence-corrected chi connectivity index (χ4v) is 2.68. The normalized spacial score (nSPS) is 10.4. The average molecular weight is 372 g/mol. The fraction of sp³-hybridized carbons (Fsp3) is 0.143. The first kappa shape index (κ1) is 15.6. The largest absolute Gasteiger partial charge is 0.506 e. The lowest BCUT2D eigenvalue weighted by Gasteiger charge is -2.11. The van der Waals surface area contributed by atoms with Gasteiger partial charge in [-0.1, -0.05) is 23.7 Å². The maximum atomic E-state index is 11.0. The quantitative estimate of drug-likeness (QED) is 0.606. The number of hydrogen-bond donors (Lipinski definition) is 2. The van der Waals surface area contributed by atoms with Crippen molar-refractivity contribution < 1.29 is 10.0 Å². The summed E-state index contributed by atoms with van der Waals surface area (Å²) in [4.78, 5) is 10.5. The summed E-state index contributed by atoms with van der Waals surface area (Å²) in [5.74, 6) is 0.00407. The number of nitrogens with one attached hydrogen (secondary N) is 1. The number of hydrogen-bond acceptors (Lipinski definition) is 4. The van der Waals surface area contributed by atoms with Gasteiger partial charge in [-0.3, -0.25) is 10.1 Å². The van der Waals surface area contributed by atoms with Gasteiger partial charge < -0.3 is 10.4 Å². The van der Waals surface area contributed by atoms with E-state index in [1.807, 2.05) is 0 Å². The number of nitro benzene ring substituents is 1. The number of nitrogens with zero attached hydrogens (tertiary/aromatic N) is 1. The van der Waals surface area contributed by atoms with E-state index in [9.17, 15) is 15.2 Å². The molecule has 0 radical (unpaired) electrons. The van der Waals surface area contributed by atoms with Crippen LogP contribution in [0.15, 0.2) is 34.8 Å². The number of phenols is 1. The highest BCUT2D eigenvalue weighted by molar-refractivity contribution is 9.10. The van der Waals surface area contributed by atoms with Gasteiger partial charge >= 0.3 is 0 Å². The summed E-state index contributed by atoms with van der Waals surface area (Å²) in [5.41, 5.74) is 1.79. The Hall–Kier alpha value is -1.79. The zero-order chi connectivity index (χ0) is 15.6. The topological polar surface area (TPSA) is 75.4 Å². The van der Waals surface area contributed by atoms with E-state index in [1.165, 1.54) is 6.07 Å². The molecule has 5 nitrogen and oxygen atoms in total. The van der Waals surface area contributed by atoms with E-state index in [0.717, 1.165) is 0 Å². The Morgan fingerprint density at radius 2 is 2.14 bits per heavy atom. The molecule has 2 N–H and O–H groups in total. The lowest BCUT2D eigenvalue weighted by Crippen LogP contribution is -2.02. The molecular formula is C14H12BrClN2O3. The number of nitro groups is 1. The molecule has 0 unspecified atom stereocenters. The second kappa shape index (κ2) is 6.32. The Labute approximate surface area is 134 Å². The minimum Gasteiger partial charge on any atom is -0.506 e. The maximum Gasteiger partial charge on any atom is 0.274 e. The van der Waals surface area contributed by atoms with Gasteiger partial charge in [-0.25, -0.2) is 0 Å². The highest BCUT2D eigenvalue weighted by Gasteiger charge is 2.14. The number of aryl methyl sites for hydroxylation is 1. The standard InChI is InChI=1S/C14H12BrClN2O3/c1-8-5-10(15)12(6-13(8)18(20)21)17-7-9-3-2-4-11(16)14(9)19/h2-6,17,19H,7H2,1H3. The molecule has 2 aromatic rings. The van der Waals surface area contributed by atoms with Crippen molar-refractivity contribution in [3.8, 4) is 5.75 Å². The van der Waals surface area contributed by atoms with Crippen molar-refractivity contribution in [2.24, 2.45) is 0 Å². The number of benzene rings is 2. The van der Waals surface area contributed by atoms with E-state index in [1.54, 1.807) is 31.2 Å². The van der Waals surface area contributed by atoms with Crippen molar-refractivity contribution in [2.75, 3.05) is 5.32 Å². The van der Waals surface area contributed by atoms with Gasteiger partial charge in [0.25, 0.3) is 5.69 Å². The van der Waals surface area contributed by atoms with Crippen molar-refractivity contribution in [2.45, 2.75) is 13.5 Å². The van der Waals surface area contributed by atoms with Crippen LogP contribution in [0.5, 0.6) is 5.75 Å². The molecule has 7 heteroatoms. The first-order chi connectivity index (χ1) is 9.90. The first-order valence-corrected chi connectivity index (χ1v) is 7.22. The number of anilines is 1. The zero-order valence-corrected chi connectivity index (χ0v) is 13.4. The Kier molecular flexibility index (Phi) is 4.69. The van der Waals surface area contributed by atoms with Gasteiger partial charge in [-0.05, 0) is 35.0 Å². The summed E-state index contributed by atoms with van der Waals surface area (Å²) in [5, 5.41) is 24.1. The lowest BCUT2D eigenvalue weighted by molar-refractivity contribution is -0.385. The summed E-state index contributed by atoms with van der Waals surface area (Å²) in [7, 11) is 0. The second-order valence-electron chi connectivity index (χ2n) is 4.48. The Bertz CT molecular complexity index is 707. The molecule has 110 valence electrons. The number of halogens is 2.